The minimum absolute atomic E-state index is 0.0237. The normalized spacial score (nSPS) is 13.0. The molecule has 1 atom stereocenters. The highest BCUT2D eigenvalue weighted by atomic mass is 32.1. The van der Waals surface area contributed by atoms with Crippen LogP contribution in [0.1, 0.15) is 32.0 Å². The number of alkyl halides is 3. The lowest BCUT2D eigenvalue weighted by atomic mass is 10.1. The smallest absolute Gasteiger partial charge is 0.335 e. The molecule has 0 aliphatic rings. The van der Waals surface area contributed by atoms with Crippen LogP contribution in [0.25, 0.3) is 0 Å². The number of aryl methyl sites for hydroxylation is 2. The summed E-state index contributed by atoms with van der Waals surface area (Å²) in [4.78, 5) is 20.2. The minimum atomic E-state index is -4.61. The minimum Gasteiger partial charge on any atom is -0.335 e. The molecule has 2 heterocycles. The van der Waals surface area contributed by atoms with Crippen molar-refractivity contribution in [1.29, 1.82) is 0 Å². The first-order chi connectivity index (χ1) is 9.79. The first-order valence-electron chi connectivity index (χ1n) is 6.00. The Labute approximate surface area is 123 Å². The number of thiazole rings is 1. The number of amides is 1. The third kappa shape index (κ3) is 3.57. The molecule has 0 saturated heterocycles. The van der Waals surface area contributed by atoms with Gasteiger partial charge in [-0.05, 0) is 19.9 Å². The first-order valence-corrected chi connectivity index (χ1v) is 6.82. The van der Waals surface area contributed by atoms with Crippen LogP contribution in [-0.2, 0) is 0 Å². The van der Waals surface area contributed by atoms with Gasteiger partial charge in [-0.15, -0.1) is 11.3 Å². The zero-order valence-electron chi connectivity index (χ0n) is 11.2. The van der Waals surface area contributed by atoms with Crippen molar-refractivity contribution in [3.05, 3.63) is 45.7 Å². The summed E-state index contributed by atoms with van der Waals surface area (Å²) < 4.78 is 39.4. The molecule has 112 valence electrons. The molecule has 2 aromatic rings. The summed E-state index contributed by atoms with van der Waals surface area (Å²) in [5.74, 6) is -0.844. The van der Waals surface area contributed by atoms with Crippen LogP contribution >= 0.6 is 11.3 Å². The molecule has 4 nitrogen and oxygen atoms in total. The van der Waals surface area contributed by atoms with Crippen molar-refractivity contribution in [3.8, 4) is 0 Å². The standard InChI is InChI=1S/C13H12F3N3OS/c1-7-10(18-8(2)21-7)12(20)19-11(13(14,15)16)9-4-3-5-17-6-9/h3-6,11H,1-2H3,(H,19,20)/t11-/m0/s1. The molecule has 1 amide bonds. The van der Waals surface area contributed by atoms with Crippen LogP contribution in [0, 0.1) is 13.8 Å². The number of nitrogens with one attached hydrogen (secondary N) is 1. The van der Waals surface area contributed by atoms with Crippen molar-refractivity contribution in [1.82, 2.24) is 15.3 Å². The molecule has 2 aromatic heterocycles. The Kier molecular flexibility index (Phi) is 4.26. The fraction of sp³-hybridized carbons (Fsp3) is 0.308. The van der Waals surface area contributed by atoms with Crippen molar-refractivity contribution in [2.45, 2.75) is 26.1 Å². The van der Waals surface area contributed by atoms with Gasteiger partial charge in [0.05, 0.1) is 5.01 Å². The van der Waals surface area contributed by atoms with Gasteiger partial charge >= 0.3 is 6.18 Å². The summed E-state index contributed by atoms with van der Waals surface area (Å²) >= 11 is 1.26. The summed E-state index contributed by atoms with van der Waals surface area (Å²) in [6.45, 7) is 3.34. The number of aromatic nitrogens is 2. The van der Waals surface area contributed by atoms with Gasteiger partial charge in [0.15, 0.2) is 6.04 Å². The van der Waals surface area contributed by atoms with E-state index in [-0.39, 0.29) is 11.3 Å². The summed E-state index contributed by atoms with van der Waals surface area (Å²) in [5.41, 5.74) is -0.0985. The van der Waals surface area contributed by atoms with Gasteiger partial charge in [-0.1, -0.05) is 6.07 Å². The lowest BCUT2D eigenvalue weighted by Crippen LogP contribution is -2.38. The number of nitrogens with zero attached hydrogens (tertiary/aromatic N) is 2. The molecule has 0 aromatic carbocycles. The Morgan fingerprint density at radius 1 is 1.38 bits per heavy atom. The molecule has 1 N–H and O–H groups in total. The lowest BCUT2D eigenvalue weighted by molar-refractivity contribution is -0.155. The van der Waals surface area contributed by atoms with Gasteiger partial charge in [0.2, 0.25) is 0 Å². The fourth-order valence-corrected chi connectivity index (χ4v) is 2.65. The van der Waals surface area contributed by atoms with Crippen LogP contribution in [0.2, 0.25) is 0 Å². The monoisotopic (exact) mass is 315 g/mol. The molecule has 21 heavy (non-hydrogen) atoms. The van der Waals surface area contributed by atoms with Crippen LogP contribution in [0.3, 0.4) is 0 Å². The van der Waals surface area contributed by atoms with E-state index in [0.29, 0.717) is 9.88 Å². The summed E-state index contributed by atoms with van der Waals surface area (Å²) in [5, 5.41) is 2.61. The molecule has 0 spiro atoms. The molecule has 0 aliphatic carbocycles. The van der Waals surface area contributed by atoms with E-state index in [1.54, 1.807) is 13.8 Å². The van der Waals surface area contributed by atoms with E-state index in [1.165, 1.54) is 29.7 Å². The van der Waals surface area contributed by atoms with Crippen LogP contribution in [0.15, 0.2) is 24.5 Å². The van der Waals surface area contributed by atoms with Gasteiger partial charge in [-0.2, -0.15) is 13.2 Å². The second kappa shape index (κ2) is 5.80. The Morgan fingerprint density at radius 3 is 2.57 bits per heavy atom. The average molecular weight is 315 g/mol. The van der Waals surface area contributed by atoms with Crippen molar-refractivity contribution in [3.63, 3.8) is 0 Å². The van der Waals surface area contributed by atoms with Gasteiger partial charge in [0, 0.05) is 22.8 Å². The van der Waals surface area contributed by atoms with Crippen LogP contribution in [0.5, 0.6) is 0 Å². The molecular weight excluding hydrogens is 303 g/mol. The zero-order chi connectivity index (χ0) is 15.6. The predicted molar refractivity (Wildman–Crippen MR) is 72.1 cm³/mol. The largest absolute Gasteiger partial charge is 0.412 e. The summed E-state index contributed by atoms with van der Waals surface area (Å²) in [6.07, 6.45) is -2.16. The Balaban J connectivity index is 2.28. The van der Waals surface area contributed by atoms with E-state index < -0.39 is 18.1 Å². The molecule has 0 fully saturated rings. The predicted octanol–water partition coefficient (Wildman–Crippen LogP) is 3.19. The molecule has 0 aliphatic heterocycles. The Hall–Kier alpha value is -1.96. The highest BCUT2D eigenvalue weighted by Crippen LogP contribution is 2.32. The van der Waals surface area contributed by atoms with Crippen LogP contribution in [-0.4, -0.2) is 22.1 Å². The Morgan fingerprint density at radius 2 is 2.10 bits per heavy atom. The molecule has 2 rings (SSSR count). The highest BCUT2D eigenvalue weighted by Gasteiger charge is 2.42. The number of halogens is 3. The van der Waals surface area contributed by atoms with Gasteiger partial charge in [0.25, 0.3) is 5.91 Å². The van der Waals surface area contributed by atoms with Gasteiger partial charge in [-0.25, -0.2) is 4.98 Å². The quantitative estimate of drug-likeness (QED) is 0.946. The van der Waals surface area contributed by atoms with E-state index in [4.69, 9.17) is 0 Å². The van der Waals surface area contributed by atoms with E-state index in [0.717, 1.165) is 6.20 Å². The van der Waals surface area contributed by atoms with Crippen molar-refractivity contribution >= 4 is 17.2 Å². The fourth-order valence-electron chi connectivity index (χ4n) is 1.84. The number of pyridine rings is 1. The number of hydrogen-bond acceptors (Lipinski definition) is 4. The van der Waals surface area contributed by atoms with E-state index in [1.807, 2.05) is 5.32 Å². The number of rotatable bonds is 3. The molecular formula is C13H12F3N3OS. The van der Waals surface area contributed by atoms with E-state index >= 15 is 0 Å². The molecule has 0 radical (unpaired) electrons. The van der Waals surface area contributed by atoms with Crippen molar-refractivity contribution in [2.75, 3.05) is 0 Å². The SMILES string of the molecule is Cc1nc(C(=O)N[C@@H](c2cccnc2)C(F)(F)F)c(C)s1. The average Bonchev–Trinajstić information content (AvgIpc) is 2.74. The molecule has 0 saturated carbocycles. The highest BCUT2D eigenvalue weighted by molar-refractivity contribution is 7.11. The number of carbonyl (C=O) groups excluding carboxylic acids is 1. The third-order valence-electron chi connectivity index (χ3n) is 2.74. The topological polar surface area (TPSA) is 54.9 Å². The van der Waals surface area contributed by atoms with Gasteiger partial charge < -0.3 is 5.32 Å². The lowest BCUT2D eigenvalue weighted by Gasteiger charge is -2.21. The number of hydrogen-bond donors (Lipinski definition) is 1. The molecule has 0 bridgehead atoms. The maximum absolute atomic E-state index is 13.1. The summed E-state index contributed by atoms with van der Waals surface area (Å²) in [6, 6.07) is 0.545. The third-order valence-corrected chi connectivity index (χ3v) is 3.63. The second-order valence-electron chi connectivity index (χ2n) is 4.37. The van der Waals surface area contributed by atoms with Gasteiger partial charge in [-0.3, -0.25) is 9.78 Å². The van der Waals surface area contributed by atoms with Gasteiger partial charge in [0.1, 0.15) is 5.69 Å². The van der Waals surface area contributed by atoms with Crippen LogP contribution in [0.4, 0.5) is 13.2 Å². The second-order valence-corrected chi connectivity index (χ2v) is 5.78. The van der Waals surface area contributed by atoms with Crippen molar-refractivity contribution in [2.24, 2.45) is 0 Å². The summed E-state index contributed by atoms with van der Waals surface area (Å²) in [7, 11) is 0. The van der Waals surface area contributed by atoms with Crippen molar-refractivity contribution < 1.29 is 18.0 Å². The first kappa shape index (κ1) is 15.4. The molecule has 0 unspecified atom stereocenters. The van der Waals surface area contributed by atoms with Crippen LogP contribution < -0.4 is 5.32 Å². The van der Waals surface area contributed by atoms with E-state index in [2.05, 4.69) is 9.97 Å². The maximum atomic E-state index is 13.1. The Bertz CT molecular complexity index is 640. The number of carbonyl (C=O) groups is 1. The van der Waals surface area contributed by atoms with E-state index in [9.17, 15) is 18.0 Å². The molecule has 8 heteroatoms. The maximum Gasteiger partial charge on any atom is 0.412 e. The zero-order valence-corrected chi connectivity index (χ0v) is 12.0.